The van der Waals surface area contributed by atoms with Gasteiger partial charge in [-0.15, -0.1) is 22.7 Å². The van der Waals surface area contributed by atoms with E-state index < -0.39 is 0 Å². The summed E-state index contributed by atoms with van der Waals surface area (Å²) in [5, 5.41) is 5.73. The van der Waals surface area contributed by atoms with E-state index in [0.29, 0.717) is 15.8 Å². The van der Waals surface area contributed by atoms with Gasteiger partial charge in [-0.3, -0.25) is 9.69 Å². The number of nitrogens with one attached hydrogen (secondary N) is 1. The second kappa shape index (κ2) is 11.0. The molecular formula is C29H23Cl2N3O2S2. The van der Waals surface area contributed by atoms with Crippen LogP contribution in [0.1, 0.15) is 16.0 Å². The molecule has 0 saturated carbocycles. The second-order valence-electron chi connectivity index (χ2n) is 9.05. The van der Waals surface area contributed by atoms with Crippen molar-refractivity contribution < 1.29 is 9.53 Å². The van der Waals surface area contributed by atoms with Crippen LogP contribution in [0.4, 0.5) is 5.00 Å². The molecule has 1 aliphatic heterocycles. The van der Waals surface area contributed by atoms with E-state index in [-0.39, 0.29) is 12.5 Å². The molecule has 9 heteroatoms. The number of fused-ring (bicyclic) bond motifs is 2. The number of ether oxygens (including phenoxy) is 1. The summed E-state index contributed by atoms with van der Waals surface area (Å²) in [6.45, 7) is 2.51. The van der Waals surface area contributed by atoms with Crippen molar-refractivity contribution >= 4 is 67.0 Å². The quantitative estimate of drug-likeness (QED) is 0.213. The first-order chi connectivity index (χ1) is 18.5. The lowest BCUT2D eigenvalue weighted by Crippen LogP contribution is -2.29. The Morgan fingerprint density at radius 3 is 2.66 bits per heavy atom. The standard InChI is InChI=1S/C29H23Cl2N3O2S2/c30-19-10-11-23(21(31)14-19)36-17-26(35)33-29-27(28-32-22-8-4-5-9-24(22)37-28)20-12-13-34(16-25(20)38-29)15-18-6-2-1-3-7-18/h1-11,14H,12-13,15-17H2,(H,33,35). The van der Waals surface area contributed by atoms with Crippen LogP contribution in [0.25, 0.3) is 20.8 Å². The lowest BCUT2D eigenvalue weighted by Gasteiger charge is -2.27. The highest BCUT2D eigenvalue weighted by molar-refractivity contribution is 7.22. The van der Waals surface area contributed by atoms with Gasteiger partial charge >= 0.3 is 0 Å². The fraction of sp³-hybridized carbons (Fsp3) is 0.172. The molecule has 1 amide bonds. The van der Waals surface area contributed by atoms with Gasteiger partial charge in [-0.2, -0.15) is 0 Å². The van der Waals surface area contributed by atoms with E-state index in [4.69, 9.17) is 32.9 Å². The maximum absolute atomic E-state index is 13.0. The van der Waals surface area contributed by atoms with Gasteiger partial charge in [-0.05, 0) is 47.9 Å². The molecule has 2 aromatic heterocycles. The van der Waals surface area contributed by atoms with Crippen LogP contribution in [0, 0.1) is 0 Å². The first-order valence-corrected chi connectivity index (χ1v) is 14.6. The lowest BCUT2D eigenvalue weighted by molar-refractivity contribution is -0.118. The van der Waals surface area contributed by atoms with Crippen molar-refractivity contribution in [2.24, 2.45) is 0 Å². The predicted octanol–water partition coefficient (Wildman–Crippen LogP) is 7.91. The molecule has 0 atom stereocenters. The topological polar surface area (TPSA) is 54.5 Å². The maximum Gasteiger partial charge on any atom is 0.262 e. The van der Waals surface area contributed by atoms with Gasteiger partial charge in [0.1, 0.15) is 15.8 Å². The average Bonchev–Trinajstić information content (AvgIpc) is 3.49. The molecule has 3 heterocycles. The number of thiophene rings is 1. The van der Waals surface area contributed by atoms with Crippen LogP contribution in [0.2, 0.25) is 10.0 Å². The highest BCUT2D eigenvalue weighted by Crippen LogP contribution is 2.45. The van der Waals surface area contributed by atoms with Crippen LogP contribution >= 0.6 is 45.9 Å². The Balaban J connectivity index is 1.27. The minimum absolute atomic E-state index is 0.163. The molecule has 1 N–H and O–H groups in total. The van der Waals surface area contributed by atoms with E-state index in [1.165, 1.54) is 16.0 Å². The van der Waals surface area contributed by atoms with Crippen LogP contribution in [0.3, 0.4) is 0 Å². The van der Waals surface area contributed by atoms with Crippen LogP contribution in [-0.2, 0) is 24.3 Å². The number of amides is 1. The SMILES string of the molecule is O=C(COc1ccc(Cl)cc1Cl)Nc1sc2c(c1-c1nc3ccccc3s1)CCN(Cc1ccccc1)C2. The van der Waals surface area contributed by atoms with Crippen LogP contribution in [-0.4, -0.2) is 28.9 Å². The average molecular weight is 581 g/mol. The third-order valence-corrected chi connectivity index (χ3v) is 9.11. The van der Waals surface area contributed by atoms with Crippen molar-refractivity contribution in [1.82, 2.24) is 9.88 Å². The molecule has 0 saturated heterocycles. The number of hydrogen-bond acceptors (Lipinski definition) is 6. The highest BCUT2D eigenvalue weighted by Gasteiger charge is 2.28. The molecule has 0 fully saturated rings. The fourth-order valence-corrected chi connectivity index (χ4v) is 7.50. The molecule has 5 nitrogen and oxygen atoms in total. The van der Waals surface area contributed by atoms with Gasteiger partial charge in [0.15, 0.2) is 6.61 Å². The Bertz CT molecular complexity index is 1580. The van der Waals surface area contributed by atoms with Crippen molar-refractivity contribution in [2.45, 2.75) is 19.5 Å². The van der Waals surface area contributed by atoms with Crippen LogP contribution in [0.5, 0.6) is 5.75 Å². The summed E-state index contributed by atoms with van der Waals surface area (Å²) in [5.41, 5.74) is 4.57. The number of anilines is 1. The molecule has 1 aliphatic rings. The van der Waals surface area contributed by atoms with Gasteiger partial charge in [0.2, 0.25) is 0 Å². The highest BCUT2D eigenvalue weighted by atomic mass is 35.5. The number of hydrogen-bond donors (Lipinski definition) is 1. The van der Waals surface area contributed by atoms with Crippen molar-refractivity contribution in [3.8, 4) is 16.3 Å². The molecule has 5 aromatic rings. The molecule has 0 spiro atoms. The molecule has 0 bridgehead atoms. The predicted molar refractivity (Wildman–Crippen MR) is 158 cm³/mol. The Hall–Kier alpha value is -2.94. The zero-order valence-electron chi connectivity index (χ0n) is 20.2. The van der Waals surface area contributed by atoms with E-state index in [0.717, 1.165) is 51.8 Å². The number of aromatic nitrogens is 1. The number of benzene rings is 3. The Morgan fingerprint density at radius 2 is 1.84 bits per heavy atom. The number of rotatable bonds is 7. The van der Waals surface area contributed by atoms with Crippen LogP contribution < -0.4 is 10.1 Å². The summed E-state index contributed by atoms with van der Waals surface area (Å²) >= 11 is 15.5. The molecule has 192 valence electrons. The minimum Gasteiger partial charge on any atom is -0.482 e. The summed E-state index contributed by atoms with van der Waals surface area (Å²) in [6, 6.07) is 23.6. The van der Waals surface area contributed by atoms with E-state index >= 15 is 0 Å². The summed E-state index contributed by atoms with van der Waals surface area (Å²) in [4.78, 5) is 21.7. The molecule has 38 heavy (non-hydrogen) atoms. The summed E-state index contributed by atoms with van der Waals surface area (Å²) in [5.74, 6) is 0.165. The van der Waals surface area contributed by atoms with Crippen molar-refractivity contribution in [3.05, 3.63) is 98.8 Å². The third kappa shape index (κ3) is 5.44. The largest absolute Gasteiger partial charge is 0.482 e. The first-order valence-electron chi connectivity index (χ1n) is 12.2. The van der Waals surface area contributed by atoms with E-state index in [1.54, 1.807) is 40.9 Å². The molecule has 0 unspecified atom stereocenters. The van der Waals surface area contributed by atoms with E-state index in [1.807, 2.05) is 24.3 Å². The van der Waals surface area contributed by atoms with E-state index in [9.17, 15) is 4.79 Å². The fourth-order valence-electron chi connectivity index (χ4n) is 4.62. The number of thiazole rings is 1. The first kappa shape index (κ1) is 25.3. The minimum atomic E-state index is -0.252. The molecule has 6 rings (SSSR count). The van der Waals surface area contributed by atoms with E-state index in [2.05, 4.69) is 40.5 Å². The molecular weight excluding hydrogens is 557 g/mol. The number of carbonyl (C=O) groups excluding carboxylic acids is 1. The van der Waals surface area contributed by atoms with Gasteiger partial charge in [0, 0.05) is 35.1 Å². The van der Waals surface area contributed by atoms with Gasteiger partial charge in [0.05, 0.1) is 15.2 Å². The van der Waals surface area contributed by atoms with Gasteiger partial charge in [-0.1, -0.05) is 65.7 Å². The van der Waals surface area contributed by atoms with Gasteiger partial charge < -0.3 is 10.1 Å². The summed E-state index contributed by atoms with van der Waals surface area (Å²) in [7, 11) is 0. The second-order valence-corrected chi connectivity index (χ2v) is 12.0. The van der Waals surface area contributed by atoms with Crippen molar-refractivity contribution in [1.29, 1.82) is 0 Å². The Morgan fingerprint density at radius 1 is 1.03 bits per heavy atom. The summed E-state index contributed by atoms with van der Waals surface area (Å²) in [6.07, 6.45) is 0.899. The zero-order valence-corrected chi connectivity index (χ0v) is 23.4. The zero-order chi connectivity index (χ0) is 26.1. The normalized spacial score (nSPS) is 13.4. The summed E-state index contributed by atoms with van der Waals surface area (Å²) < 4.78 is 6.81. The Kier molecular flexibility index (Phi) is 7.37. The van der Waals surface area contributed by atoms with Crippen molar-refractivity contribution in [2.75, 3.05) is 18.5 Å². The maximum atomic E-state index is 13.0. The Labute approximate surface area is 238 Å². The number of nitrogens with zero attached hydrogens (tertiary/aromatic N) is 2. The lowest BCUT2D eigenvalue weighted by atomic mass is 10.0. The monoisotopic (exact) mass is 579 g/mol. The van der Waals surface area contributed by atoms with Crippen LogP contribution in [0.15, 0.2) is 72.8 Å². The number of para-hydroxylation sites is 1. The number of halogens is 2. The number of carbonyl (C=O) groups is 1. The van der Waals surface area contributed by atoms with Gasteiger partial charge in [0.25, 0.3) is 5.91 Å². The van der Waals surface area contributed by atoms with Crippen molar-refractivity contribution in [3.63, 3.8) is 0 Å². The van der Waals surface area contributed by atoms with Gasteiger partial charge in [-0.25, -0.2) is 4.98 Å². The molecule has 0 aliphatic carbocycles. The third-order valence-electron chi connectivity index (χ3n) is 6.40. The smallest absolute Gasteiger partial charge is 0.262 e. The molecule has 3 aromatic carbocycles. The molecule has 0 radical (unpaired) electrons.